The first-order valence-corrected chi connectivity index (χ1v) is 9.49. The molecule has 0 saturated heterocycles. The van der Waals surface area contributed by atoms with Crippen molar-refractivity contribution in [2.75, 3.05) is 13.2 Å². The predicted octanol–water partition coefficient (Wildman–Crippen LogP) is 4.51. The van der Waals surface area contributed by atoms with Crippen LogP contribution in [0.3, 0.4) is 0 Å². The van der Waals surface area contributed by atoms with Crippen molar-refractivity contribution in [2.45, 2.75) is 20.3 Å². The van der Waals surface area contributed by atoms with Crippen molar-refractivity contribution in [1.82, 2.24) is 4.98 Å². The summed E-state index contributed by atoms with van der Waals surface area (Å²) in [4.78, 5) is 15.1. The van der Waals surface area contributed by atoms with E-state index in [1.54, 1.807) is 5.38 Å². The maximum Gasteiger partial charge on any atom is 0.309 e. The number of carboxylic acid groups (broad SMARTS) is 1. The molecule has 0 spiro atoms. The summed E-state index contributed by atoms with van der Waals surface area (Å²) >= 11 is 1.44. The first-order chi connectivity index (χ1) is 13.0. The third kappa shape index (κ3) is 5.31. The Balaban J connectivity index is 1.49. The van der Waals surface area contributed by atoms with Crippen LogP contribution in [-0.2, 0) is 11.2 Å². The number of thiazole rings is 1. The van der Waals surface area contributed by atoms with E-state index in [4.69, 9.17) is 14.6 Å². The molecule has 0 atom stereocenters. The van der Waals surface area contributed by atoms with Gasteiger partial charge in [0.2, 0.25) is 0 Å². The highest BCUT2D eigenvalue weighted by molar-refractivity contribution is 7.13. The molecule has 1 N–H and O–H groups in total. The van der Waals surface area contributed by atoms with E-state index in [0.717, 1.165) is 22.1 Å². The Morgan fingerprint density at radius 2 is 1.67 bits per heavy atom. The van der Waals surface area contributed by atoms with Crippen LogP contribution in [0.2, 0.25) is 0 Å². The molecule has 2 aromatic carbocycles. The number of aromatic nitrogens is 1. The zero-order valence-electron chi connectivity index (χ0n) is 15.3. The SMILES string of the molecule is Cc1ccc(OCCOc2ccc(-c3nc(CC(=O)O)cs3)cc2)cc1C. The number of rotatable bonds is 8. The van der Waals surface area contributed by atoms with Crippen LogP contribution >= 0.6 is 11.3 Å². The monoisotopic (exact) mass is 383 g/mol. The Morgan fingerprint density at radius 1 is 1.00 bits per heavy atom. The van der Waals surface area contributed by atoms with Crippen LogP contribution in [-0.4, -0.2) is 29.3 Å². The van der Waals surface area contributed by atoms with E-state index in [1.165, 1.54) is 22.5 Å². The number of nitrogens with zero attached hydrogens (tertiary/aromatic N) is 1. The number of ether oxygens (including phenoxy) is 2. The lowest BCUT2D eigenvalue weighted by atomic mass is 10.1. The predicted molar refractivity (Wildman–Crippen MR) is 106 cm³/mol. The summed E-state index contributed by atoms with van der Waals surface area (Å²) in [6.45, 7) is 5.06. The van der Waals surface area contributed by atoms with Crippen LogP contribution < -0.4 is 9.47 Å². The molecule has 3 aromatic rings. The minimum absolute atomic E-state index is 0.0573. The minimum atomic E-state index is -0.876. The Kier molecular flexibility index (Phi) is 6.08. The van der Waals surface area contributed by atoms with Gasteiger partial charge >= 0.3 is 5.97 Å². The average Bonchev–Trinajstić information content (AvgIpc) is 3.10. The molecule has 0 radical (unpaired) electrons. The summed E-state index contributed by atoms with van der Waals surface area (Å²) in [5, 5.41) is 11.4. The molecule has 1 aromatic heterocycles. The minimum Gasteiger partial charge on any atom is -0.490 e. The van der Waals surface area contributed by atoms with Crippen LogP contribution in [0, 0.1) is 13.8 Å². The van der Waals surface area contributed by atoms with Crippen molar-refractivity contribution in [3.05, 3.63) is 64.7 Å². The zero-order chi connectivity index (χ0) is 19.2. The van der Waals surface area contributed by atoms with Crippen LogP contribution in [0.4, 0.5) is 0 Å². The molecular weight excluding hydrogens is 362 g/mol. The first kappa shape index (κ1) is 18.9. The number of aryl methyl sites for hydroxylation is 2. The van der Waals surface area contributed by atoms with E-state index in [1.807, 2.05) is 42.5 Å². The Bertz CT molecular complexity index is 918. The molecule has 1 heterocycles. The van der Waals surface area contributed by atoms with Gasteiger partial charge in [-0.15, -0.1) is 11.3 Å². The van der Waals surface area contributed by atoms with Gasteiger partial charge in [0.1, 0.15) is 29.7 Å². The largest absolute Gasteiger partial charge is 0.490 e. The number of aliphatic carboxylic acids is 1. The third-order valence-electron chi connectivity index (χ3n) is 4.08. The zero-order valence-corrected chi connectivity index (χ0v) is 16.1. The van der Waals surface area contributed by atoms with Gasteiger partial charge in [-0.1, -0.05) is 6.07 Å². The maximum atomic E-state index is 10.7. The fourth-order valence-electron chi connectivity index (χ4n) is 2.49. The van der Waals surface area contributed by atoms with Crippen molar-refractivity contribution in [1.29, 1.82) is 0 Å². The van der Waals surface area contributed by atoms with Gasteiger partial charge in [-0.3, -0.25) is 4.79 Å². The van der Waals surface area contributed by atoms with Crippen molar-refractivity contribution in [2.24, 2.45) is 0 Å². The lowest BCUT2D eigenvalue weighted by Crippen LogP contribution is -2.09. The molecule has 0 aliphatic rings. The van der Waals surface area contributed by atoms with Gasteiger partial charge in [-0.25, -0.2) is 4.98 Å². The molecular formula is C21H21NO4S. The standard InChI is InChI=1S/C21H21NO4S/c1-14-3-6-19(11-15(14)2)26-10-9-25-18-7-4-16(5-8-18)21-22-17(13-27-21)12-20(23)24/h3-8,11,13H,9-10,12H2,1-2H3,(H,23,24). The van der Waals surface area contributed by atoms with Gasteiger partial charge in [0, 0.05) is 10.9 Å². The summed E-state index contributed by atoms with van der Waals surface area (Å²) in [6.07, 6.45) is -0.0573. The molecule has 3 rings (SSSR count). The molecule has 0 fully saturated rings. The van der Waals surface area contributed by atoms with Gasteiger partial charge < -0.3 is 14.6 Å². The van der Waals surface area contributed by atoms with Gasteiger partial charge in [-0.05, 0) is 61.4 Å². The van der Waals surface area contributed by atoms with Gasteiger partial charge in [0.25, 0.3) is 0 Å². The first-order valence-electron chi connectivity index (χ1n) is 8.61. The number of benzene rings is 2. The molecule has 27 heavy (non-hydrogen) atoms. The fraction of sp³-hybridized carbons (Fsp3) is 0.238. The molecule has 5 nitrogen and oxygen atoms in total. The van der Waals surface area contributed by atoms with Gasteiger partial charge in [-0.2, -0.15) is 0 Å². The van der Waals surface area contributed by atoms with Crippen molar-refractivity contribution >= 4 is 17.3 Å². The molecule has 0 aliphatic carbocycles. The number of hydrogen-bond donors (Lipinski definition) is 1. The van der Waals surface area contributed by atoms with E-state index in [-0.39, 0.29) is 6.42 Å². The van der Waals surface area contributed by atoms with E-state index in [2.05, 4.69) is 18.8 Å². The highest BCUT2D eigenvalue weighted by atomic mass is 32.1. The third-order valence-corrected chi connectivity index (χ3v) is 5.02. The fourth-order valence-corrected chi connectivity index (χ4v) is 3.32. The topological polar surface area (TPSA) is 68.7 Å². The van der Waals surface area contributed by atoms with Crippen LogP contribution in [0.5, 0.6) is 11.5 Å². The van der Waals surface area contributed by atoms with Gasteiger partial charge in [0.05, 0.1) is 12.1 Å². The van der Waals surface area contributed by atoms with Gasteiger partial charge in [0.15, 0.2) is 0 Å². The summed E-state index contributed by atoms with van der Waals surface area (Å²) in [6, 6.07) is 13.6. The van der Waals surface area contributed by atoms with Crippen LogP contribution in [0.1, 0.15) is 16.8 Å². The highest BCUT2D eigenvalue weighted by Crippen LogP contribution is 2.26. The smallest absolute Gasteiger partial charge is 0.309 e. The molecule has 0 bridgehead atoms. The normalized spacial score (nSPS) is 10.6. The summed E-state index contributed by atoms with van der Waals surface area (Å²) in [5.74, 6) is 0.723. The Labute approximate surface area is 162 Å². The number of carbonyl (C=O) groups is 1. The van der Waals surface area contributed by atoms with Crippen LogP contribution in [0.15, 0.2) is 47.8 Å². The number of carboxylic acids is 1. The van der Waals surface area contributed by atoms with E-state index in [0.29, 0.717) is 18.9 Å². The summed E-state index contributed by atoms with van der Waals surface area (Å²) in [7, 11) is 0. The lowest BCUT2D eigenvalue weighted by Gasteiger charge is -2.10. The maximum absolute atomic E-state index is 10.7. The molecule has 0 aliphatic heterocycles. The Morgan fingerprint density at radius 3 is 2.33 bits per heavy atom. The second-order valence-corrected chi connectivity index (χ2v) is 7.04. The van der Waals surface area contributed by atoms with E-state index in [9.17, 15) is 4.79 Å². The Hall–Kier alpha value is -2.86. The van der Waals surface area contributed by atoms with Crippen molar-refractivity contribution < 1.29 is 19.4 Å². The van der Waals surface area contributed by atoms with Crippen molar-refractivity contribution in [3.8, 4) is 22.1 Å². The molecule has 0 saturated carbocycles. The highest BCUT2D eigenvalue weighted by Gasteiger charge is 2.08. The quantitative estimate of drug-likeness (QED) is 0.580. The van der Waals surface area contributed by atoms with Crippen molar-refractivity contribution in [3.63, 3.8) is 0 Å². The number of hydrogen-bond acceptors (Lipinski definition) is 5. The summed E-state index contributed by atoms with van der Waals surface area (Å²) < 4.78 is 11.4. The summed E-state index contributed by atoms with van der Waals surface area (Å²) in [5.41, 5.74) is 3.97. The van der Waals surface area contributed by atoms with E-state index >= 15 is 0 Å². The second kappa shape index (κ2) is 8.68. The lowest BCUT2D eigenvalue weighted by molar-refractivity contribution is -0.136. The average molecular weight is 383 g/mol. The molecule has 6 heteroatoms. The molecule has 0 amide bonds. The molecule has 0 unspecified atom stereocenters. The van der Waals surface area contributed by atoms with Crippen LogP contribution in [0.25, 0.3) is 10.6 Å². The molecule has 140 valence electrons. The van der Waals surface area contributed by atoms with E-state index < -0.39 is 5.97 Å². The second-order valence-electron chi connectivity index (χ2n) is 6.18.